The third-order valence-electron chi connectivity index (χ3n) is 4.49. The molecule has 32 heavy (non-hydrogen) atoms. The van der Waals surface area contributed by atoms with Crippen molar-refractivity contribution in [3.05, 3.63) is 68.4 Å². The summed E-state index contributed by atoms with van der Waals surface area (Å²) in [5.74, 6) is 0.0346. The van der Waals surface area contributed by atoms with Gasteiger partial charge in [0.2, 0.25) is 0 Å². The maximum Gasteiger partial charge on any atom is 0.309 e. The zero-order valence-electron chi connectivity index (χ0n) is 17.2. The lowest BCUT2D eigenvalue weighted by Crippen LogP contribution is -2.28. The summed E-state index contributed by atoms with van der Waals surface area (Å²) in [6.07, 6.45) is 0.0827. The molecule has 10 heteroatoms. The summed E-state index contributed by atoms with van der Waals surface area (Å²) >= 11 is 18.3. The number of rotatable bonds is 8. The number of carbonyl (C=O) groups is 2. The lowest BCUT2D eigenvalue weighted by atomic mass is 10.0. The van der Waals surface area contributed by atoms with E-state index in [0.717, 1.165) is 0 Å². The van der Waals surface area contributed by atoms with E-state index in [1.54, 1.807) is 43.3 Å². The molecular formula is C22H19Cl3N2O5. The highest BCUT2D eigenvalue weighted by atomic mass is 35.5. The number of halogens is 3. The van der Waals surface area contributed by atoms with Crippen LogP contribution in [-0.2, 0) is 16.0 Å². The Morgan fingerprint density at radius 1 is 1.09 bits per heavy atom. The van der Waals surface area contributed by atoms with E-state index in [2.05, 4.69) is 15.2 Å². The van der Waals surface area contributed by atoms with E-state index in [-0.39, 0.29) is 37.0 Å². The molecule has 7 nitrogen and oxygen atoms in total. The van der Waals surface area contributed by atoms with Gasteiger partial charge in [-0.25, -0.2) is 0 Å². The number of hydrogen-bond donors (Lipinski definition) is 1. The molecule has 0 spiro atoms. The molecule has 0 aliphatic carbocycles. The first kappa shape index (κ1) is 23.9. The number of nitrogens with zero attached hydrogens (tertiary/aromatic N) is 1. The standard InChI is InChI=1S/C22H19Cl3N2O5/c1-12-20(22(29)26-7-8-31-18-6-4-14(23)11-17(18)25)21(27-32-12)15-5-3-13(9-16(15)24)10-19(28)30-2/h3-6,9,11H,7-8,10H2,1-2H3,(H,26,29). The average Bonchev–Trinajstić information content (AvgIpc) is 3.13. The van der Waals surface area contributed by atoms with Crippen molar-refractivity contribution in [3.8, 4) is 17.0 Å². The van der Waals surface area contributed by atoms with Crippen molar-refractivity contribution in [2.45, 2.75) is 13.3 Å². The van der Waals surface area contributed by atoms with Crippen molar-refractivity contribution >= 4 is 46.7 Å². The number of aromatic nitrogens is 1. The largest absolute Gasteiger partial charge is 0.490 e. The lowest BCUT2D eigenvalue weighted by Gasteiger charge is -2.10. The summed E-state index contributed by atoms with van der Waals surface area (Å²) in [5, 5.41) is 7.97. The second kappa shape index (κ2) is 10.7. The molecule has 0 unspecified atom stereocenters. The molecule has 0 radical (unpaired) electrons. The number of hydrogen-bond acceptors (Lipinski definition) is 6. The van der Waals surface area contributed by atoms with Crippen molar-refractivity contribution in [2.75, 3.05) is 20.3 Å². The number of methoxy groups -OCH3 is 1. The van der Waals surface area contributed by atoms with Crippen LogP contribution >= 0.6 is 34.8 Å². The topological polar surface area (TPSA) is 90.7 Å². The molecule has 3 aromatic rings. The first-order valence-electron chi connectivity index (χ1n) is 9.48. The van der Waals surface area contributed by atoms with Gasteiger partial charge in [-0.1, -0.05) is 52.1 Å². The van der Waals surface area contributed by atoms with Crippen LogP contribution in [0.1, 0.15) is 21.7 Å². The summed E-state index contributed by atoms with van der Waals surface area (Å²) in [4.78, 5) is 24.3. The van der Waals surface area contributed by atoms with Gasteiger partial charge in [0.05, 0.1) is 30.1 Å². The van der Waals surface area contributed by atoms with Gasteiger partial charge in [-0.2, -0.15) is 0 Å². The smallest absolute Gasteiger partial charge is 0.309 e. The van der Waals surface area contributed by atoms with Crippen LogP contribution in [0.4, 0.5) is 0 Å². The van der Waals surface area contributed by atoms with E-state index in [4.69, 9.17) is 44.1 Å². The number of esters is 1. The highest BCUT2D eigenvalue weighted by molar-refractivity contribution is 6.35. The molecule has 2 aromatic carbocycles. The third-order valence-corrected chi connectivity index (χ3v) is 5.34. The van der Waals surface area contributed by atoms with Gasteiger partial charge in [0.15, 0.2) is 0 Å². The molecule has 1 N–H and O–H groups in total. The SMILES string of the molecule is COC(=O)Cc1ccc(-c2noc(C)c2C(=O)NCCOc2ccc(Cl)cc2Cl)c(Cl)c1. The monoisotopic (exact) mass is 496 g/mol. The predicted molar refractivity (Wildman–Crippen MR) is 122 cm³/mol. The fraction of sp³-hybridized carbons (Fsp3) is 0.227. The second-order valence-electron chi connectivity index (χ2n) is 6.71. The van der Waals surface area contributed by atoms with Crippen LogP contribution in [-0.4, -0.2) is 37.3 Å². The quantitative estimate of drug-likeness (QED) is 0.342. The predicted octanol–water partition coefficient (Wildman–Crippen LogP) is 5.13. The molecule has 1 heterocycles. The van der Waals surface area contributed by atoms with Crippen LogP contribution in [0.2, 0.25) is 15.1 Å². The number of ether oxygens (including phenoxy) is 2. The van der Waals surface area contributed by atoms with Gasteiger partial charge in [0, 0.05) is 10.6 Å². The maximum atomic E-state index is 12.8. The van der Waals surface area contributed by atoms with E-state index >= 15 is 0 Å². The van der Waals surface area contributed by atoms with Gasteiger partial charge in [0.25, 0.3) is 5.91 Å². The first-order valence-corrected chi connectivity index (χ1v) is 10.6. The molecule has 1 aromatic heterocycles. The van der Waals surface area contributed by atoms with Crippen molar-refractivity contribution in [3.63, 3.8) is 0 Å². The van der Waals surface area contributed by atoms with Crippen LogP contribution in [0.15, 0.2) is 40.9 Å². The molecule has 168 valence electrons. The Morgan fingerprint density at radius 3 is 2.56 bits per heavy atom. The summed E-state index contributed by atoms with van der Waals surface area (Å²) < 4.78 is 15.5. The van der Waals surface area contributed by atoms with E-state index < -0.39 is 0 Å². The zero-order chi connectivity index (χ0) is 23.3. The fourth-order valence-electron chi connectivity index (χ4n) is 2.93. The lowest BCUT2D eigenvalue weighted by molar-refractivity contribution is -0.139. The minimum absolute atomic E-state index is 0.0827. The maximum absolute atomic E-state index is 12.8. The molecule has 0 saturated carbocycles. The Hall–Kier alpha value is -2.74. The molecule has 0 aliphatic heterocycles. The number of aryl methyl sites for hydroxylation is 1. The Balaban J connectivity index is 1.68. The number of nitrogens with one attached hydrogen (secondary N) is 1. The molecule has 0 aliphatic rings. The molecule has 0 fully saturated rings. The molecule has 3 rings (SSSR count). The van der Waals surface area contributed by atoms with Gasteiger partial charge in [-0.05, 0) is 36.8 Å². The number of carbonyl (C=O) groups excluding carboxylic acids is 2. The van der Waals surface area contributed by atoms with Gasteiger partial charge in [-0.3, -0.25) is 9.59 Å². The zero-order valence-corrected chi connectivity index (χ0v) is 19.5. The van der Waals surface area contributed by atoms with Crippen LogP contribution in [0.3, 0.4) is 0 Å². The van der Waals surface area contributed by atoms with Crippen molar-refractivity contribution in [1.29, 1.82) is 0 Å². The van der Waals surface area contributed by atoms with Crippen LogP contribution in [0, 0.1) is 6.92 Å². The molecule has 1 amide bonds. The average molecular weight is 498 g/mol. The van der Waals surface area contributed by atoms with E-state index in [9.17, 15) is 9.59 Å². The van der Waals surface area contributed by atoms with Crippen LogP contribution in [0.25, 0.3) is 11.3 Å². The molecule has 0 saturated heterocycles. The van der Waals surface area contributed by atoms with Crippen molar-refractivity contribution < 1.29 is 23.6 Å². The highest BCUT2D eigenvalue weighted by Gasteiger charge is 2.23. The minimum Gasteiger partial charge on any atom is -0.490 e. The van der Waals surface area contributed by atoms with Crippen LogP contribution in [0.5, 0.6) is 5.75 Å². The number of amides is 1. The third kappa shape index (κ3) is 5.73. The Morgan fingerprint density at radius 2 is 1.88 bits per heavy atom. The van der Waals surface area contributed by atoms with E-state index in [0.29, 0.717) is 43.4 Å². The molecular weight excluding hydrogens is 479 g/mol. The Bertz CT molecular complexity index is 1150. The van der Waals surface area contributed by atoms with Crippen molar-refractivity contribution in [2.24, 2.45) is 0 Å². The second-order valence-corrected chi connectivity index (χ2v) is 7.96. The fourth-order valence-corrected chi connectivity index (χ4v) is 3.68. The summed E-state index contributed by atoms with van der Waals surface area (Å²) in [7, 11) is 1.32. The number of benzene rings is 2. The normalized spacial score (nSPS) is 10.7. The summed E-state index contributed by atoms with van der Waals surface area (Å²) in [5.41, 5.74) is 1.75. The summed E-state index contributed by atoms with van der Waals surface area (Å²) in [6, 6.07) is 9.91. The first-order chi connectivity index (χ1) is 15.3. The summed E-state index contributed by atoms with van der Waals surface area (Å²) in [6.45, 7) is 2.04. The van der Waals surface area contributed by atoms with E-state index in [1.165, 1.54) is 7.11 Å². The van der Waals surface area contributed by atoms with Gasteiger partial charge in [0.1, 0.15) is 29.4 Å². The Labute approximate surface area is 199 Å². The van der Waals surface area contributed by atoms with Gasteiger partial charge < -0.3 is 19.3 Å². The highest BCUT2D eigenvalue weighted by Crippen LogP contribution is 2.32. The minimum atomic E-state index is -0.390. The molecule has 0 atom stereocenters. The Kier molecular flexibility index (Phi) is 8.01. The van der Waals surface area contributed by atoms with Gasteiger partial charge in [-0.15, -0.1) is 0 Å². The molecule has 0 bridgehead atoms. The van der Waals surface area contributed by atoms with E-state index in [1.807, 2.05) is 0 Å². The van der Waals surface area contributed by atoms with Crippen molar-refractivity contribution in [1.82, 2.24) is 10.5 Å². The van der Waals surface area contributed by atoms with Gasteiger partial charge >= 0.3 is 5.97 Å². The van der Waals surface area contributed by atoms with Crippen LogP contribution < -0.4 is 10.1 Å².